The molecule has 96 valence electrons. The average Bonchev–Trinajstić information content (AvgIpc) is 2.18. The van der Waals surface area contributed by atoms with Gasteiger partial charge in [-0.3, -0.25) is 4.79 Å². The lowest BCUT2D eigenvalue weighted by Gasteiger charge is -2.16. The van der Waals surface area contributed by atoms with Crippen LogP contribution in [0.1, 0.15) is 25.5 Å². The number of aromatic nitrogens is 1. The number of hydrogen-bond acceptors (Lipinski definition) is 2. The zero-order valence-electron chi connectivity index (χ0n) is 9.53. The van der Waals surface area contributed by atoms with Gasteiger partial charge in [-0.2, -0.15) is 13.2 Å². The average molecular weight is 249 g/mol. The number of rotatable bonds is 3. The van der Waals surface area contributed by atoms with Gasteiger partial charge in [-0.25, -0.2) is 0 Å². The summed E-state index contributed by atoms with van der Waals surface area (Å²) in [5.41, 5.74) is -0.699. The monoisotopic (exact) mass is 249 g/mol. The molecule has 0 aromatic carbocycles. The number of hydrogen-bond donors (Lipinski definition) is 1. The van der Waals surface area contributed by atoms with Gasteiger partial charge in [0.15, 0.2) is 6.10 Å². The molecule has 0 aliphatic heterocycles. The summed E-state index contributed by atoms with van der Waals surface area (Å²) in [4.78, 5) is 11.4. The van der Waals surface area contributed by atoms with Crippen LogP contribution in [0, 0.1) is 5.92 Å². The Morgan fingerprint density at radius 3 is 2.41 bits per heavy atom. The number of aliphatic hydroxyl groups excluding tert-OH is 1. The molecule has 0 aliphatic carbocycles. The second kappa shape index (κ2) is 4.91. The highest BCUT2D eigenvalue weighted by Gasteiger charge is 2.39. The molecule has 0 radical (unpaired) electrons. The molecule has 1 aromatic heterocycles. The summed E-state index contributed by atoms with van der Waals surface area (Å²) in [5, 5.41) is 9.07. The van der Waals surface area contributed by atoms with E-state index in [-0.39, 0.29) is 17.0 Å². The predicted molar refractivity (Wildman–Crippen MR) is 56.6 cm³/mol. The van der Waals surface area contributed by atoms with Crippen LogP contribution in [0.25, 0.3) is 0 Å². The molecular formula is C11H14F3NO2. The summed E-state index contributed by atoms with van der Waals surface area (Å²) < 4.78 is 38.1. The highest BCUT2D eigenvalue weighted by Crippen LogP contribution is 2.31. The van der Waals surface area contributed by atoms with Gasteiger partial charge in [-0.05, 0) is 12.0 Å². The Morgan fingerprint density at radius 2 is 1.94 bits per heavy atom. The maximum absolute atomic E-state index is 12.3. The van der Waals surface area contributed by atoms with Crippen LogP contribution in [0.5, 0.6) is 0 Å². The van der Waals surface area contributed by atoms with Crippen molar-refractivity contribution in [2.75, 3.05) is 0 Å². The minimum atomic E-state index is -4.72. The van der Waals surface area contributed by atoms with Gasteiger partial charge in [0, 0.05) is 24.4 Å². The Labute approximate surface area is 96.5 Å². The van der Waals surface area contributed by atoms with Gasteiger partial charge < -0.3 is 9.67 Å². The molecule has 0 saturated heterocycles. The summed E-state index contributed by atoms with van der Waals surface area (Å²) in [5.74, 6) is 0.131. The molecule has 0 aliphatic rings. The Morgan fingerprint density at radius 1 is 1.35 bits per heavy atom. The van der Waals surface area contributed by atoms with Crippen molar-refractivity contribution in [2.24, 2.45) is 5.92 Å². The lowest BCUT2D eigenvalue weighted by atomic mass is 10.1. The highest BCUT2D eigenvalue weighted by atomic mass is 19.4. The first-order valence-corrected chi connectivity index (χ1v) is 5.17. The summed E-state index contributed by atoms with van der Waals surface area (Å²) in [6.45, 7) is 4.01. The zero-order chi connectivity index (χ0) is 13.2. The molecule has 6 heteroatoms. The van der Waals surface area contributed by atoms with Gasteiger partial charge >= 0.3 is 6.18 Å². The minimum Gasteiger partial charge on any atom is -0.379 e. The molecule has 1 unspecified atom stereocenters. The van der Waals surface area contributed by atoms with E-state index in [0.29, 0.717) is 6.54 Å². The molecule has 1 N–H and O–H groups in total. The van der Waals surface area contributed by atoms with Crippen LogP contribution in [0.2, 0.25) is 0 Å². The van der Waals surface area contributed by atoms with Crippen molar-refractivity contribution in [3.63, 3.8) is 0 Å². The Kier molecular flexibility index (Phi) is 3.98. The van der Waals surface area contributed by atoms with E-state index in [4.69, 9.17) is 5.11 Å². The van der Waals surface area contributed by atoms with Crippen molar-refractivity contribution in [1.82, 2.24) is 4.57 Å². The van der Waals surface area contributed by atoms with Crippen molar-refractivity contribution in [3.05, 3.63) is 34.2 Å². The van der Waals surface area contributed by atoms with Crippen molar-refractivity contribution in [3.8, 4) is 0 Å². The predicted octanol–water partition coefficient (Wildman–Crippen LogP) is 2.10. The number of pyridine rings is 1. The maximum Gasteiger partial charge on any atom is 0.418 e. The standard InChI is InChI=1S/C11H14F3NO2/c1-7(2)5-15-6-8(3-4-9(15)16)10(17)11(12,13)14/h3-4,6-7,10,17H,5H2,1-2H3. The fourth-order valence-corrected chi connectivity index (χ4v) is 1.44. The molecular weight excluding hydrogens is 235 g/mol. The van der Waals surface area contributed by atoms with E-state index in [1.165, 1.54) is 4.57 Å². The Hall–Kier alpha value is -1.30. The van der Waals surface area contributed by atoms with Crippen LogP contribution < -0.4 is 5.56 Å². The molecule has 3 nitrogen and oxygen atoms in total. The van der Waals surface area contributed by atoms with Crippen molar-refractivity contribution in [1.29, 1.82) is 0 Å². The van der Waals surface area contributed by atoms with E-state index < -0.39 is 12.3 Å². The van der Waals surface area contributed by atoms with Crippen LogP contribution >= 0.6 is 0 Å². The van der Waals surface area contributed by atoms with Gasteiger partial charge in [-0.1, -0.05) is 13.8 Å². The highest BCUT2D eigenvalue weighted by molar-refractivity contribution is 5.14. The molecule has 1 rings (SSSR count). The third-order valence-electron chi connectivity index (χ3n) is 2.19. The number of aliphatic hydroxyl groups is 1. The smallest absolute Gasteiger partial charge is 0.379 e. The topological polar surface area (TPSA) is 42.2 Å². The second-order valence-corrected chi connectivity index (χ2v) is 4.29. The lowest BCUT2D eigenvalue weighted by molar-refractivity contribution is -0.206. The first-order chi connectivity index (χ1) is 7.71. The number of alkyl halides is 3. The lowest BCUT2D eigenvalue weighted by Crippen LogP contribution is -2.25. The molecule has 1 aromatic rings. The first-order valence-electron chi connectivity index (χ1n) is 5.17. The van der Waals surface area contributed by atoms with Crippen molar-refractivity contribution < 1.29 is 18.3 Å². The van der Waals surface area contributed by atoms with Crippen LogP contribution in [-0.2, 0) is 6.54 Å². The summed E-state index contributed by atoms with van der Waals surface area (Å²) >= 11 is 0. The largest absolute Gasteiger partial charge is 0.418 e. The van der Waals surface area contributed by atoms with E-state index in [1.54, 1.807) is 0 Å². The van der Waals surface area contributed by atoms with Crippen molar-refractivity contribution >= 4 is 0 Å². The summed E-state index contributed by atoms with van der Waals surface area (Å²) in [6.07, 6.45) is -6.22. The number of halogens is 3. The molecule has 17 heavy (non-hydrogen) atoms. The summed E-state index contributed by atoms with van der Waals surface area (Å²) in [6, 6.07) is 2.03. The summed E-state index contributed by atoms with van der Waals surface area (Å²) in [7, 11) is 0. The number of nitrogens with zero attached hydrogens (tertiary/aromatic N) is 1. The van der Waals surface area contributed by atoms with Gasteiger partial charge in [0.1, 0.15) is 0 Å². The van der Waals surface area contributed by atoms with E-state index >= 15 is 0 Å². The second-order valence-electron chi connectivity index (χ2n) is 4.29. The maximum atomic E-state index is 12.3. The van der Waals surface area contributed by atoms with Crippen LogP contribution in [0.3, 0.4) is 0 Å². The van der Waals surface area contributed by atoms with E-state index in [0.717, 1.165) is 18.3 Å². The Bertz CT molecular complexity index is 437. The normalized spacial score (nSPS) is 14.1. The van der Waals surface area contributed by atoms with Crippen molar-refractivity contribution in [2.45, 2.75) is 32.7 Å². The fraction of sp³-hybridized carbons (Fsp3) is 0.545. The molecule has 1 atom stereocenters. The van der Waals surface area contributed by atoms with E-state index in [1.807, 2.05) is 13.8 Å². The minimum absolute atomic E-state index is 0.131. The van der Waals surface area contributed by atoms with Crippen LogP contribution in [0.4, 0.5) is 13.2 Å². The van der Waals surface area contributed by atoms with Gasteiger partial charge in [0.25, 0.3) is 5.56 Å². The molecule has 0 saturated carbocycles. The van der Waals surface area contributed by atoms with Gasteiger partial charge in [0.2, 0.25) is 0 Å². The van der Waals surface area contributed by atoms with Crippen LogP contribution in [-0.4, -0.2) is 15.8 Å². The van der Waals surface area contributed by atoms with E-state index in [2.05, 4.69) is 0 Å². The first kappa shape index (κ1) is 13.8. The molecule has 0 amide bonds. The van der Waals surface area contributed by atoms with Gasteiger partial charge in [0.05, 0.1) is 0 Å². The third kappa shape index (κ3) is 3.59. The molecule has 0 fully saturated rings. The zero-order valence-corrected chi connectivity index (χ0v) is 9.53. The third-order valence-corrected chi connectivity index (χ3v) is 2.19. The van der Waals surface area contributed by atoms with Gasteiger partial charge in [-0.15, -0.1) is 0 Å². The quantitative estimate of drug-likeness (QED) is 0.891. The fourth-order valence-electron chi connectivity index (χ4n) is 1.44. The SMILES string of the molecule is CC(C)Cn1cc(C(O)C(F)(F)F)ccc1=O. The molecule has 0 bridgehead atoms. The van der Waals surface area contributed by atoms with E-state index in [9.17, 15) is 18.0 Å². The molecule has 0 spiro atoms. The Balaban J connectivity index is 3.08. The van der Waals surface area contributed by atoms with Crippen LogP contribution in [0.15, 0.2) is 23.1 Å². The molecule has 1 heterocycles.